The summed E-state index contributed by atoms with van der Waals surface area (Å²) >= 11 is 0. The second-order valence-electron chi connectivity index (χ2n) is 4.15. The summed E-state index contributed by atoms with van der Waals surface area (Å²) in [5.41, 5.74) is 1.03. The van der Waals surface area contributed by atoms with E-state index in [9.17, 15) is 9.18 Å². The molecule has 0 saturated heterocycles. The molecule has 0 aliphatic heterocycles. The van der Waals surface area contributed by atoms with Crippen molar-refractivity contribution in [3.05, 3.63) is 65.7 Å². The van der Waals surface area contributed by atoms with E-state index in [1.165, 1.54) is 12.3 Å². The molecule has 2 rings (SSSR count). The summed E-state index contributed by atoms with van der Waals surface area (Å²) in [6.45, 7) is 2.85. The Labute approximate surface area is 111 Å². The van der Waals surface area contributed by atoms with Crippen LogP contribution in [0.1, 0.15) is 22.8 Å². The molecule has 1 aromatic carbocycles. The Hall–Kier alpha value is -2.23. The van der Waals surface area contributed by atoms with Crippen molar-refractivity contribution in [2.45, 2.75) is 13.5 Å². The maximum atomic E-state index is 13.5. The molecule has 1 amide bonds. The van der Waals surface area contributed by atoms with E-state index >= 15 is 0 Å². The normalized spacial score (nSPS) is 10.2. The Morgan fingerprint density at radius 3 is 2.58 bits per heavy atom. The average Bonchev–Trinajstić information content (AvgIpc) is 2.46. The first-order valence-electron chi connectivity index (χ1n) is 6.16. The van der Waals surface area contributed by atoms with E-state index in [0.29, 0.717) is 13.1 Å². The molecule has 0 atom stereocenters. The van der Waals surface area contributed by atoms with E-state index in [-0.39, 0.29) is 11.5 Å². The van der Waals surface area contributed by atoms with Crippen LogP contribution in [0, 0.1) is 5.95 Å². The van der Waals surface area contributed by atoms with Crippen molar-refractivity contribution in [1.29, 1.82) is 0 Å². The van der Waals surface area contributed by atoms with Crippen molar-refractivity contribution >= 4 is 5.91 Å². The van der Waals surface area contributed by atoms with Crippen LogP contribution < -0.4 is 0 Å². The number of amides is 1. The number of hydrogen-bond acceptors (Lipinski definition) is 2. The second-order valence-corrected chi connectivity index (χ2v) is 4.15. The van der Waals surface area contributed by atoms with Crippen molar-refractivity contribution in [3.63, 3.8) is 0 Å². The smallest absolute Gasteiger partial charge is 0.258 e. The molecule has 0 aliphatic carbocycles. The highest BCUT2D eigenvalue weighted by Crippen LogP contribution is 2.11. The Balaban J connectivity index is 2.18. The first kappa shape index (κ1) is 13.2. The highest BCUT2D eigenvalue weighted by molar-refractivity contribution is 5.94. The summed E-state index contributed by atoms with van der Waals surface area (Å²) in [5.74, 6) is -1.06. The molecule has 1 heterocycles. The molecule has 0 fully saturated rings. The molecule has 0 spiro atoms. The lowest BCUT2D eigenvalue weighted by Crippen LogP contribution is -2.31. The number of pyridine rings is 1. The van der Waals surface area contributed by atoms with Crippen LogP contribution in [0.15, 0.2) is 48.7 Å². The van der Waals surface area contributed by atoms with Gasteiger partial charge < -0.3 is 4.90 Å². The summed E-state index contributed by atoms with van der Waals surface area (Å²) in [6.07, 6.45) is 1.33. The van der Waals surface area contributed by atoms with Gasteiger partial charge >= 0.3 is 0 Å². The van der Waals surface area contributed by atoms with Crippen LogP contribution in [0.2, 0.25) is 0 Å². The highest BCUT2D eigenvalue weighted by atomic mass is 19.1. The summed E-state index contributed by atoms with van der Waals surface area (Å²) in [6, 6.07) is 12.6. The fourth-order valence-electron chi connectivity index (χ4n) is 1.85. The van der Waals surface area contributed by atoms with Crippen molar-refractivity contribution in [2.24, 2.45) is 0 Å². The number of halogens is 1. The molecule has 3 nitrogen and oxygen atoms in total. The zero-order chi connectivity index (χ0) is 13.7. The standard InChI is InChI=1S/C15H15FN2O/c1-2-18(11-12-7-4-3-5-8-12)15(19)13-9-6-10-17-14(13)16/h3-10H,2,11H2,1H3. The Bertz CT molecular complexity index is 557. The van der Waals surface area contributed by atoms with Crippen LogP contribution in [-0.4, -0.2) is 22.3 Å². The van der Waals surface area contributed by atoms with Crippen molar-refractivity contribution < 1.29 is 9.18 Å². The van der Waals surface area contributed by atoms with Gasteiger partial charge in [0.15, 0.2) is 0 Å². The molecule has 98 valence electrons. The van der Waals surface area contributed by atoms with Gasteiger partial charge in [-0.15, -0.1) is 0 Å². The molecule has 1 aromatic heterocycles. The fraction of sp³-hybridized carbons (Fsp3) is 0.200. The van der Waals surface area contributed by atoms with Gasteiger partial charge in [0, 0.05) is 19.3 Å². The molecule has 4 heteroatoms. The number of carbonyl (C=O) groups is 1. The Morgan fingerprint density at radius 2 is 1.95 bits per heavy atom. The maximum Gasteiger partial charge on any atom is 0.258 e. The van der Waals surface area contributed by atoms with E-state index < -0.39 is 5.95 Å². The van der Waals surface area contributed by atoms with E-state index in [1.807, 2.05) is 37.3 Å². The Kier molecular flexibility index (Phi) is 4.23. The predicted molar refractivity (Wildman–Crippen MR) is 71.1 cm³/mol. The third-order valence-electron chi connectivity index (χ3n) is 2.87. The number of aromatic nitrogens is 1. The van der Waals surface area contributed by atoms with Crippen LogP contribution in [-0.2, 0) is 6.54 Å². The van der Waals surface area contributed by atoms with Crippen molar-refractivity contribution in [3.8, 4) is 0 Å². The predicted octanol–water partition coefficient (Wildman–Crippen LogP) is 2.88. The summed E-state index contributed by atoms with van der Waals surface area (Å²) < 4.78 is 13.5. The van der Waals surface area contributed by atoms with Gasteiger partial charge in [-0.2, -0.15) is 4.39 Å². The minimum Gasteiger partial charge on any atom is -0.334 e. The maximum absolute atomic E-state index is 13.5. The summed E-state index contributed by atoms with van der Waals surface area (Å²) in [4.78, 5) is 17.3. The molecule has 2 aromatic rings. The van der Waals surface area contributed by atoms with Crippen molar-refractivity contribution in [2.75, 3.05) is 6.54 Å². The number of nitrogens with zero attached hydrogens (tertiary/aromatic N) is 2. The zero-order valence-electron chi connectivity index (χ0n) is 10.7. The molecule has 0 aliphatic rings. The van der Waals surface area contributed by atoms with E-state index in [4.69, 9.17) is 0 Å². The van der Waals surface area contributed by atoms with Crippen LogP contribution in [0.5, 0.6) is 0 Å². The number of rotatable bonds is 4. The highest BCUT2D eigenvalue weighted by Gasteiger charge is 2.18. The minimum atomic E-state index is -0.723. The van der Waals surface area contributed by atoms with Crippen LogP contribution in [0.3, 0.4) is 0 Å². The van der Waals surface area contributed by atoms with E-state index in [0.717, 1.165) is 5.56 Å². The number of hydrogen-bond donors (Lipinski definition) is 0. The lowest BCUT2D eigenvalue weighted by Gasteiger charge is -2.21. The molecular formula is C15H15FN2O. The molecule has 0 saturated carbocycles. The minimum absolute atomic E-state index is 0.0141. The van der Waals surface area contributed by atoms with E-state index in [1.54, 1.807) is 11.0 Å². The van der Waals surface area contributed by atoms with Crippen LogP contribution in [0.4, 0.5) is 4.39 Å². The lowest BCUT2D eigenvalue weighted by atomic mass is 10.2. The van der Waals surface area contributed by atoms with Gasteiger partial charge in [0.05, 0.1) is 5.56 Å². The summed E-state index contributed by atoms with van der Waals surface area (Å²) in [5, 5.41) is 0. The van der Waals surface area contributed by atoms with Crippen LogP contribution in [0.25, 0.3) is 0 Å². The lowest BCUT2D eigenvalue weighted by molar-refractivity contribution is 0.0747. The van der Waals surface area contributed by atoms with Gasteiger partial charge in [-0.05, 0) is 24.6 Å². The van der Waals surface area contributed by atoms with Gasteiger partial charge in [0.1, 0.15) is 0 Å². The monoisotopic (exact) mass is 258 g/mol. The first-order chi connectivity index (χ1) is 9.22. The second kappa shape index (κ2) is 6.09. The molecule has 0 bridgehead atoms. The quantitative estimate of drug-likeness (QED) is 0.790. The Morgan fingerprint density at radius 1 is 1.21 bits per heavy atom. The SMILES string of the molecule is CCN(Cc1ccccc1)C(=O)c1cccnc1F. The third kappa shape index (κ3) is 3.16. The van der Waals surface area contributed by atoms with Gasteiger partial charge in [-0.1, -0.05) is 30.3 Å². The van der Waals surface area contributed by atoms with E-state index in [2.05, 4.69) is 4.98 Å². The molecular weight excluding hydrogens is 243 g/mol. The number of carbonyl (C=O) groups excluding carboxylic acids is 1. The molecule has 0 N–H and O–H groups in total. The fourth-order valence-corrected chi connectivity index (χ4v) is 1.85. The van der Waals surface area contributed by atoms with Gasteiger partial charge in [0.2, 0.25) is 5.95 Å². The van der Waals surface area contributed by atoms with Crippen LogP contribution >= 0.6 is 0 Å². The van der Waals surface area contributed by atoms with Gasteiger partial charge in [0.25, 0.3) is 5.91 Å². The first-order valence-corrected chi connectivity index (χ1v) is 6.16. The molecule has 0 radical (unpaired) electrons. The largest absolute Gasteiger partial charge is 0.334 e. The molecule has 19 heavy (non-hydrogen) atoms. The summed E-state index contributed by atoms with van der Waals surface area (Å²) in [7, 11) is 0. The van der Waals surface area contributed by atoms with Gasteiger partial charge in [-0.3, -0.25) is 4.79 Å². The third-order valence-corrected chi connectivity index (χ3v) is 2.87. The van der Waals surface area contributed by atoms with Crippen molar-refractivity contribution in [1.82, 2.24) is 9.88 Å². The molecule has 0 unspecified atom stereocenters. The topological polar surface area (TPSA) is 33.2 Å². The van der Waals surface area contributed by atoms with Gasteiger partial charge in [-0.25, -0.2) is 4.98 Å². The number of benzene rings is 1. The average molecular weight is 258 g/mol. The zero-order valence-corrected chi connectivity index (χ0v) is 10.7.